The van der Waals surface area contributed by atoms with Gasteiger partial charge < -0.3 is 0 Å². The Hall–Kier alpha value is -1.82. The highest BCUT2D eigenvalue weighted by molar-refractivity contribution is 5.61. The molecule has 0 radical (unpaired) electrons. The van der Waals surface area contributed by atoms with Crippen LogP contribution in [-0.2, 0) is 6.42 Å². The van der Waals surface area contributed by atoms with Gasteiger partial charge in [0.1, 0.15) is 0 Å². The van der Waals surface area contributed by atoms with Crippen molar-refractivity contribution in [1.29, 1.82) is 0 Å². The molecule has 0 aliphatic heterocycles. The number of benzene rings is 1. The summed E-state index contributed by atoms with van der Waals surface area (Å²) in [6, 6.07) is 8.52. The molecule has 0 aliphatic rings. The minimum atomic E-state index is 0.928. The first kappa shape index (κ1) is 13.2. The number of hydrogen-bond donors (Lipinski definition) is 0. The third kappa shape index (κ3) is 4.28. The molecule has 0 N–H and O–H groups in total. The van der Waals surface area contributed by atoms with Crippen molar-refractivity contribution < 1.29 is 0 Å². The molecule has 1 rings (SSSR count). The van der Waals surface area contributed by atoms with Crippen LogP contribution >= 0.6 is 0 Å². The average Bonchev–Trinajstić information content (AvgIpc) is 2.30. The third-order valence-electron chi connectivity index (χ3n) is 2.54. The maximum absolute atomic E-state index is 3.97. The molecule has 17 heavy (non-hydrogen) atoms. The summed E-state index contributed by atoms with van der Waals surface area (Å²) in [5.41, 5.74) is 4.88. The van der Waals surface area contributed by atoms with Crippen LogP contribution in [0.25, 0.3) is 5.57 Å². The van der Waals surface area contributed by atoms with Crippen molar-refractivity contribution in [3.63, 3.8) is 0 Å². The van der Waals surface area contributed by atoms with Crippen molar-refractivity contribution in [3.05, 3.63) is 78.4 Å². The Morgan fingerprint density at radius 3 is 2.71 bits per heavy atom. The first-order valence-electron chi connectivity index (χ1n) is 5.86. The molecule has 0 heterocycles. The summed E-state index contributed by atoms with van der Waals surface area (Å²) in [6.45, 7) is 11.8. The SMILES string of the molecule is C=C/C=C(\C=C/C)Cc1cccc(C(=C)C)c1. The zero-order valence-corrected chi connectivity index (χ0v) is 10.7. The smallest absolute Gasteiger partial charge is 0.00257 e. The number of rotatable bonds is 5. The second-order valence-corrected chi connectivity index (χ2v) is 4.13. The van der Waals surface area contributed by atoms with Crippen LogP contribution in [0.5, 0.6) is 0 Å². The molecule has 0 nitrogen and oxygen atoms in total. The fraction of sp³-hybridized carbons (Fsp3) is 0.176. The van der Waals surface area contributed by atoms with Gasteiger partial charge in [-0.1, -0.05) is 67.3 Å². The quantitative estimate of drug-likeness (QED) is 0.621. The van der Waals surface area contributed by atoms with Crippen LogP contribution in [0.2, 0.25) is 0 Å². The molecule has 0 bridgehead atoms. The van der Waals surface area contributed by atoms with Gasteiger partial charge in [-0.2, -0.15) is 0 Å². The van der Waals surface area contributed by atoms with E-state index in [0.717, 1.165) is 12.0 Å². The summed E-state index contributed by atoms with van der Waals surface area (Å²) in [6.07, 6.45) is 8.98. The zero-order chi connectivity index (χ0) is 12.7. The molecule has 0 fully saturated rings. The van der Waals surface area contributed by atoms with Gasteiger partial charge in [-0.25, -0.2) is 0 Å². The number of hydrogen-bond acceptors (Lipinski definition) is 0. The summed E-state index contributed by atoms with van der Waals surface area (Å²) in [7, 11) is 0. The standard InChI is InChI=1S/C17H20/c1-5-8-15(9-6-2)12-16-10-7-11-17(13-16)14(3)4/h5-11,13H,1,3,12H2,2,4H3/b9-6-,15-8+. The lowest BCUT2D eigenvalue weighted by molar-refractivity contribution is 1.19. The van der Waals surface area contributed by atoms with Gasteiger partial charge in [-0.15, -0.1) is 0 Å². The fourth-order valence-electron chi connectivity index (χ4n) is 1.72. The maximum Gasteiger partial charge on any atom is -0.00257 e. The highest BCUT2D eigenvalue weighted by atomic mass is 14.0. The molecule has 88 valence electrons. The van der Waals surface area contributed by atoms with Crippen molar-refractivity contribution in [2.24, 2.45) is 0 Å². The molecule has 0 aliphatic carbocycles. The Balaban J connectivity index is 2.93. The topological polar surface area (TPSA) is 0 Å². The Kier molecular flexibility index (Phi) is 5.22. The van der Waals surface area contributed by atoms with Crippen LogP contribution in [0.1, 0.15) is 25.0 Å². The molecule has 0 aromatic heterocycles. The first-order chi connectivity index (χ1) is 8.17. The lowest BCUT2D eigenvalue weighted by Crippen LogP contribution is -1.89. The highest BCUT2D eigenvalue weighted by Crippen LogP contribution is 2.16. The summed E-state index contributed by atoms with van der Waals surface area (Å²) >= 11 is 0. The fourth-order valence-corrected chi connectivity index (χ4v) is 1.72. The first-order valence-corrected chi connectivity index (χ1v) is 5.86. The van der Waals surface area contributed by atoms with Gasteiger partial charge in [0.15, 0.2) is 0 Å². The molecule has 0 unspecified atom stereocenters. The summed E-state index contributed by atoms with van der Waals surface area (Å²) < 4.78 is 0. The molecule has 0 spiro atoms. The van der Waals surface area contributed by atoms with Gasteiger partial charge in [-0.3, -0.25) is 0 Å². The van der Waals surface area contributed by atoms with E-state index in [0.29, 0.717) is 0 Å². The lowest BCUT2D eigenvalue weighted by Gasteiger charge is -2.05. The second kappa shape index (κ2) is 6.70. The van der Waals surface area contributed by atoms with Crippen molar-refractivity contribution >= 4 is 5.57 Å². The van der Waals surface area contributed by atoms with Gasteiger partial charge >= 0.3 is 0 Å². The predicted octanol–water partition coefficient (Wildman–Crippen LogP) is 4.95. The summed E-state index contributed by atoms with van der Waals surface area (Å²) in [4.78, 5) is 0. The van der Waals surface area contributed by atoms with E-state index in [1.807, 2.05) is 26.0 Å². The predicted molar refractivity (Wildman–Crippen MR) is 77.9 cm³/mol. The van der Waals surface area contributed by atoms with Crippen molar-refractivity contribution in [1.82, 2.24) is 0 Å². The van der Waals surface area contributed by atoms with Gasteiger partial charge in [0, 0.05) is 0 Å². The molecule has 0 saturated heterocycles. The van der Waals surface area contributed by atoms with Crippen LogP contribution in [-0.4, -0.2) is 0 Å². The van der Waals surface area contributed by atoms with Gasteiger partial charge in [0.25, 0.3) is 0 Å². The second-order valence-electron chi connectivity index (χ2n) is 4.13. The van der Waals surface area contributed by atoms with Crippen molar-refractivity contribution in [2.45, 2.75) is 20.3 Å². The van der Waals surface area contributed by atoms with E-state index < -0.39 is 0 Å². The molecule has 0 amide bonds. The minimum Gasteiger partial charge on any atom is -0.0991 e. The minimum absolute atomic E-state index is 0.928. The Labute approximate surface area is 105 Å². The average molecular weight is 224 g/mol. The van der Waals surface area contributed by atoms with Crippen LogP contribution in [0, 0.1) is 0 Å². The van der Waals surface area contributed by atoms with Crippen molar-refractivity contribution in [3.8, 4) is 0 Å². The lowest BCUT2D eigenvalue weighted by atomic mass is 10.00. The Morgan fingerprint density at radius 1 is 1.35 bits per heavy atom. The molecule has 0 saturated carbocycles. The highest BCUT2D eigenvalue weighted by Gasteiger charge is 1.98. The van der Waals surface area contributed by atoms with Gasteiger partial charge in [0.2, 0.25) is 0 Å². The number of allylic oxidation sites excluding steroid dienone is 6. The van der Waals surface area contributed by atoms with Crippen LogP contribution in [0.15, 0.2) is 67.3 Å². The van der Waals surface area contributed by atoms with E-state index in [9.17, 15) is 0 Å². The molecule has 0 atom stereocenters. The van der Waals surface area contributed by atoms with E-state index in [1.54, 1.807) is 0 Å². The van der Waals surface area contributed by atoms with E-state index in [1.165, 1.54) is 16.7 Å². The Morgan fingerprint density at radius 2 is 2.12 bits per heavy atom. The van der Waals surface area contributed by atoms with E-state index in [-0.39, 0.29) is 0 Å². The van der Waals surface area contributed by atoms with Crippen LogP contribution in [0.4, 0.5) is 0 Å². The normalized spacial score (nSPS) is 11.8. The Bertz CT molecular complexity index is 459. The monoisotopic (exact) mass is 224 g/mol. The van der Waals surface area contributed by atoms with Gasteiger partial charge in [0.05, 0.1) is 0 Å². The summed E-state index contributed by atoms with van der Waals surface area (Å²) in [5.74, 6) is 0. The molecular weight excluding hydrogens is 204 g/mol. The van der Waals surface area contributed by atoms with E-state index in [4.69, 9.17) is 0 Å². The van der Waals surface area contributed by atoms with Crippen molar-refractivity contribution in [2.75, 3.05) is 0 Å². The molecule has 1 aromatic carbocycles. The molecule has 1 aromatic rings. The van der Waals surface area contributed by atoms with Crippen LogP contribution in [0.3, 0.4) is 0 Å². The zero-order valence-electron chi connectivity index (χ0n) is 10.7. The summed E-state index contributed by atoms with van der Waals surface area (Å²) in [5, 5.41) is 0. The largest absolute Gasteiger partial charge is 0.0991 e. The molecule has 0 heteroatoms. The molecular formula is C17H20. The third-order valence-corrected chi connectivity index (χ3v) is 2.54. The maximum atomic E-state index is 3.97. The van der Waals surface area contributed by atoms with Crippen LogP contribution < -0.4 is 0 Å². The van der Waals surface area contributed by atoms with Gasteiger partial charge in [-0.05, 0) is 37.0 Å². The van der Waals surface area contributed by atoms with E-state index >= 15 is 0 Å². The van der Waals surface area contributed by atoms with E-state index in [2.05, 4.69) is 49.6 Å².